The monoisotopic (exact) mass is 293 g/mol. The molecule has 1 aliphatic heterocycles. The minimum absolute atomic E-state index is 0.522. The average Bonchev–Trinajstić information content (AvgIpc) is 3.15. The molecule has 6 nitrogen and oxygen atoms in total. The molecule has 0 bridgehead atoms. The molecule has 106 valence electrons. The third-order valence-electron chi connectivity index (χ3n) is 3.81. The van der Waals surface area contributed by atoms with E-state index in [4.69, 9.17) is 16.3 Å². The number of nitrogens with one attached hydrogen (secondary N) is 1. The summed E-state index contributed by atoms with van der Waals surface area (Å²) in [5.41, 5.74) is 1.48. The zero-order valence-corrected chi connectivity index (χ0v) is 11.8. The molecule has 1 saturated heterocycles. The summed E-state index contributed by atoms with van der Waals surface area (Å²) in [6.07, 6.45) is 8.48. The second-order valence-electron chi connectivity index (χ2n) is 5.42. The number of fused-ring (bicyclic) bond motifs is 1. The molecule has 1 N–H and O–H groups in total. The molecule has 0 radical (unpaired) electrons. The van der Waals surface area contributed by atoms with E-state index in [0.29, 0.717) is 12.6 Å². The SMILES string of the molecule is ClC1(n2cnc3c(NC4CC4)ncnc32)CCCCO1. The van der Waals surface area contributed by atoms with Gasteiger partial charge >= 0.3 is 0 Å². The van der Waals surface area contributed by atoms with Crippen LogP contribution in [-0.4, -0.2) is 32.2 Å². The van der Waals surface area contributed by atoms with E-state index in [2.05, 4.69) is 20.3 Å². The Morgan fingerprint density at radius 2 is 2.20 bits per heavy atom. The fourth-order valence-electron chi connectivity index (χ4n) is 2.54. The highest BCUT2D eigenvalue weighted by molar-refractivity contribution is 6.21. The van der Waals surface area contributed by atoms with E-state index in [1.54, 1.807) is 12.7 Å². The van der Waals surface area contributed by atoms with Crippen molar-refractivity contribution >= 4 is 28.6 Å². The number of nitrogens with zero attached hydrogens (tertiary/aromatic N) is 4. The Labute approximate surface area is 121 Å². The van der Waals surface area contributed by atoms with Gasteiger partial charge in [0.05, 0.1) is 6.61 Å². The molecule has 2 aromatic heterocycles. The lowest BCUT2D eigenvalue weighted by Crippen LogP contribution is -2.33. The van der Waals surface area contributed by atoms with Crippen molar-refractivity contribution in [3.05, 3.63) is 12.7 Å². The van der Waals surface area contributed by atoms with E-state index in [-0.39, 0.29) is 0 Å². The molecular weight excluding hydrogens is 278 g/mol. The molecule has 4 rings (SSSR count). The van der Waals surface area contributed by atoms with Gasteiger partial charge in [-0.2, -0.15) is 0 Å². The van der Waals surface area contributed by atoms with Crippen LogP contribution in [0.4, 0.5) is 5.82 Å². The summed E-state index contributed by atoms with van der Waals surface area (Å²) in [7, 11) is 0. The van der Waals surface area contributed by atoms with Crippen molar-refractivity contribution in [2.75, 3.05) is 11.9 Å². The number of ether oxygens (including phenoxy) is 1. The fraction of sp³-hybridized carbons (Fsp3) is 0.615. The number of rotatable bonds is 3. The molecule has 0 aromatic carbocycles. The van der Waals surface area contributed by atoms with Crippen LogP contribution in [-0.2, 0) is 9.92 Å². The minimum Gasteiger partial charge on any atom is -0.365 e. The summed E-state index contributed by atoms with van der Waals surface area (Å²) in [5.74, 6) is 0.785. The van der Waals surface area contributed by atoms with Crippen molar-refractivity contribution in [2.45, 2.75) is 43.3 Å². The first-order chi connectivity index (χ1) is 9.76. The topological polar surface area (TPSA) is 64.9 Å². The number of imidazole rings is 1. The highest BCUT2D eigenvalue weighted by atomic mass is 35.5. The zero-order chi connectivity index (χ0) is 13.6. The molecule has 2 aromatic rings. The summed E-state index contributed by atoms with van der Waals surface area (Å²) in [6, 6.07) is 0.522. The van der Waals surface area contributed by atoms with E-state index in [0.717, 1.165) is 36.2 Å². The van der Waals surface area contributed by atoms with Crippen molar-refractivity contribution in [3.63, 3.8) is 0 Å². The molecule has 2 fully saturated rings. The predicted molar refractivity (Wildman–Crippen MR) is 75.6 cm³/mol. The van der Waals surface area contributed by atoms with Crippen molar-refractivity contribution in [3.8, 4) is 0 Å². The summed E-state index contributed by atoms with van der Waals surface area (Å²) in [6.45, 7) is 0.668. The Hall–Kier alpha value is -1.40. The fourth-order valence-corrected chi connectivity index (χ4v) is 2.88. The number of halogens is 1. The lowest BCUT2D eigenvalue weighted by molar-refractivity contribution is -0.0682. The highest BCUT2D eigenvalue weighted by Gasteiger charge is 2.35. The molecule has 1 aliphatic carbocycles. The van der Waals surface area contributed by atoms with Gasteiger partial charge in [0, 0.05) is 12.5 Å². The number of hydrogen-bond donors (Lipinski definition) is 1. The number of alkyl halides is 1. The van der Waals surface area contributed by atoms with Crippen LogP contribution in [0.5, 0.6) is 0 Å². The molecular formula is C13H16ClN5O. The molecule has 1 unspecified atom stereocenters. The third kappa shape index (κ3) is 2.03. The minimum atomic E-state index is -0.863. The average molecular weight is 294 g/mol. The third-order valence-corrected chi connectivity index (χ3v) is 4.29. The molecule has 3 heterocycles. The first-order valence-electron chi connectivity index (χ1n) is 7.04. The van der Waals surface area contributed by atoms with Gasteiger partial charge in [0.15, 0.2) is 17.0 Å². The van der Waals surface area contributed by atoms with Crippen molar-refractivity contribution in [1.29, 1.82) is 0 Å². The van der Waals surface area contributed by atoms with Crippen molar-refractivity contribution < 1.29 is 4.74 Å². The zero-order valence-electron chi connectivity index (χ0n) is 11.0. The highest BCUT2D eigenvalue weighted by Crippen LogP contribution is 2.37. The molecule has 7 heteroatoms. The van der Waals surface area contributed by atoms with Crippen molar-refractivity contribution in [2.24, 2.45) is 0 Å². The number of hydrogen-bond acceptors (Lipinski definition) is 5. The Morgan fingerprint density at radius 3 is 2.95 bits per heavy atom. The number of anilines is 1. The van der Waals surface area contributed by atoms with Gasteiger partial charge in [-0.3, -0.25) is 4.57 Å². The Balaban J connectivity index is 1.76. The summed E-state index contributed by atoms with van der Waals surface area (Å²) >= 11 is 6.61. The van der Waals surface area contributed by atoms with Gasteiger partial charge in [-0.25, -0.2) is 15.0 Å². The lowest BCUT2D eigenvalue weighted by Gasteiger charge is -2.32. The molecule has 20 heavy (non-hydrogen) atoms. The summed E-state index contributed by atoms with van der Waals surface area (Å²) < 4.78 is 7.58. The van der Waals surface area contributed by atoms with E-state index < -0.39 is 5.18 Å². The van der Waals surface area contributed by atoms with E-state index >= 15 is 0 Å². The molecule has 0 spiro atoms. The summed E-state index contributed by atoms with van der Waals surface area (Å²) in [5, 5.41) is 2.51. The molecule has 0 amide bonds. The molecule has 1 atom stereocenters. The van der Waals surface area contributed by atoms with Crippen LogP contribution in [0.3, 0.4) is 0 Å². The maximum absolute atomic E-state index is 6.61. The van der Waals surface area contributed by atoms with Crippen LogP contribution >= 0.6 is 11.6 Å². The normalized spacial score (nSPS) is 26.9. The van der Waals surface area contributed by atoms with Crippen LogP contribution in [0.2, 0.25) is 0 Å². The van der Waals surface area contributed by atoms with Gasteiger partial charge in [-0.1, -0.05) is 11.6 Å². The van der Waals surface area contributed by atoms with Gasteiger partial charge in [0.1, 0.15) is 12.7 Å². The first kappa shape index (κ1) is 12.3. The van der Waals surface area contributed by atoms with Gasteiger partial charge in [-0.15, -0.1) is 0 Å². The Bertz CT molecular complexity index is 633. The second-order valence-corrected chi connectivity index (χ2v) is 6.01. The van der Waals surface area contributed by atoms with E-state index in [1.165, 1.54) is 12.8 Å². The predicted octanol–water partition coefficient (Wildman–Crippen LogP) is 2.45. The Morgan fingerprint density at radius 1 is 1.30 bits per heavy atom. The summed E-state index contributed by atoms with van der Waals surface area (Å²) in [4.78, 5) is 13.1. The van der Waals surface area contributed by atoms with Crippen molar-refractivity contribution in [1.82, 2.24) is 19.5 Å². The van der Waals surface area contributed by atoms with Crippen LogP contribution in [0.15, 0.2) is 12.7 Å². The standard InChI is InChI=1S/C13H16ClN5O/c14-13(5-1-2-6-20-13)19-8-17-10-11(18-9-3-4-9)15-7-16-12(10)19/h7-9H,1-6H2,(H,15,16,18). The Kier molecular flexibility index (Phi) is 2.82. The van der Waals surface area contributed by atoms with Gasteiger partial charge in [0.2, 0.25) is 5.18 Å². The lowest BCUT2D eigenvalue weighted by atomic mass is 10.2. The van der Waals surface area contributed by atoms with Crippen LogP contribution < -0.4 is 5.32 Å². The van der Waals surface area contributed by atoms with Gasteiger partial charge < -0.3 is 10.1 Å². The quantitative estimate of drug-likeness (QED) is 0.881. The number of aromatic nitrogens is 4. The van der Waals surface area contributed by atoms with Gasteiger partial charge in [0.25, 0.3) is 0 Å². The smallest absolute Gasteiger partial charge is 0.225 e. The van der Waals surface area contributed by atoms with E-state index in [9.17, 15) is 0 Å². The molecule has 1 saturated carbocycles. The maximum atomic E-state index is 6.61. The second kappa shape index (κ2) is 4.56. The first-order valence-corrected chi connectivity index (χ1v) is 7.42. The maximum Gasteiger partial charge on any atom is 0.225 e. The van der Waals surface area contributed by atoms with Gasteiger partial charge in [-0.05, 0) is 25.7 Å². The van der Waals surface area contributed by atoms with Crippen LogP contribution in [0.25, 0.3) is 11.2 Å². The molecule has 2 aliphatic rings. The van der Waals surface area contributed by atoms with Crippen LogP contribution in [0, 0.1) is 0 Å². The largest absolute Gasteiger partial charge is 0.365 e. The van der Waals surface area contributed by atoms with Crippen LogP contribution in [0.1, 0.15) is 32.1 Å². The van der Waals surface area contributed by atoms with E-state index in [1.807, 2.05) is 4.57 Å².